The highest BCUT2D eigenvalue weighted by Gasteiger charge is 2.36. The molecule has 110 valence electrons. The average Bonchev–Trinajstić information content (AvgIpc) is 3.32. The van der Waals surface area contributed by atoms with Crippen LogP contribution in [0.1, 0.15) is 25.7 Å². The summed E-state index contributed by atoms with van der Waals surface area (Å²) in [7, 11) is 0. The van der Waals surface area contributed by atoms with Gasteiger partial charge >= 0.3 is 0 Å². The van der Waals surface area contributed by atoms with Crippen molar-refractivity contribution in [3.63, 3.8) is 0 Å². The summed E-state index contributed by atoms with van der Waals surface area (Å²) >= 11 is 0. The van der Waals surface area contributed by atoms with Gasteiger partial charge in [-0.25, -0.2) is 4.98 Å². The minimum Gasteiger partial charge on any atom is -0.383 e. The Morgan fingerprint density at radius 1 is 1.14 bits per heavy atom. The van der Waals surface area contributed by atoms with E-state index in [0.29, 0.717) is 23.9 Å². The van der Waals surface area contributed by atoms with E-state index in [1.165, 1.54) is 12.8 Å². The van der Waals surface area contributed by atoms with Crippen molar-refractivity contribution in [1.29, 1.82) is 0 Å². The molecule has 0 amide bonds. The Morgan fingerprint density at radius 3 is 2.86 bits per heavy atom. The van der Waals surface area contributed by atoms with Gasteiger partial charge in [0.05, 0.1) is 11.6 Å². The molecule has 5 nitrogen and oxygen atoms in total. The number of fused-ring (bicyclic) bond motifs is 1. The third-order valence-corrected chi connectivity index (χ3v) is 4.43. The largest absolute Gasteiger partial charge is 0.383 e. The number of anilines is 2. The fraction of sp³-hybridized carbons (Fsp3) is 0.500. The summed E-state index contributed by atoms with van der Waals surface area (Å²) in [5, 5.41) is 4.35. The van der Waals surface area contributed by atoms with E-state index >= 15 is 0 Å². The molecule has 1 aliphatic carbocycles. The molecule has 5 heteroatoms. The van der Waals surface area contributed by atoms with Crippen LogP contribution in [-0.2, 0) is 4.74 Å². The Kier molecular flexibility index (Phi) is 3.15. The summed E-state index contributed by atoms with van der Waals surface area (Å²) < 4.78 is 5.86. The van der Waals surface area contributed by atoms with E-state index in [4.69, 9.17) is 10.5 Å². The zero-order valence-corrected chi connectivity index (χ0v) is 12.0. The predicted molar refractivity (Wildman–Crippen MR) is 83.1 cm³/mol. The number of rotatable bonds is 3. The summed E-state index contributed by atoms with van der Waals surface area (Å²) in [6.07, 6.45) is 5.09. The number of nitrogen functional groups attached to an aromatic ring is 1. The highest BCUT2D eigenvalue weighted by Crippen LogP contribution is 2.38. The molecule has 1 aliphatic heterocycles. The van der Waals surface area contributed by atoms with Gasteiger partial charge in [-0.15, -0.1) is 0 Å². The third kappa shape index (κ3) is 2.65. The summed E-state index contributed by atoms with van der Waals surface area (Å²) in [6, 6.07) is 8.22. The van der Waals surface area contributed by atoms with Crippen molar-refractivity contribution in [1.82, 2.24) is 9.97 Å². The molecule has 1 saturated carbocycles. The first kappa shape index (κ1) is 12.8. The van der Waals surface area contributed by atoms with Gasteiger partial charge in [0.25, 0.3) is 0 Å². The van der Waals surface area contributed by atoms with E-state index in [1.807, 2.05) is 24.3 Å². The first-order valence-corrected chi connectivity index (χ1v) is 7.70. The number of benzene rings is 1. The number of hydrogen-bond acceptors (Lipinski definition) is 5. The number of hydrogen-bond donors (Lipinski definition) is 2. The molecule has 0 radical (unpaired) electrons. The van der Waals surface area contributed by atoms with E-state index < -0.39 is 0 Å². The molecule has 2 heterocycles. The highest BCUT2D eigenvalue weighted by atomic mass is 16.5. The van der Waals surface area contributed by atoms with Gasteiger partial charge in [0.15, 0.2) is 0 Å². The zero-order valence-electron chi connectivity index (χ0n) is 12.0. The second-order valence-corrected chi connectivity index (χ2v) is 6.06. The van der Waals surface area contributed by atoms with Gasteiger partial charge < -0.3 is 15.8 Å². The molecule has 1 aromatic carbocycles. The van der Waals surface area contributed by atoms with Gasteiger partial charge in [0.2, 0.25) is 5.95 Å². The van der Waals surface area contributed by atoms with Gasteiger partial charge in [-0.3, -0.25) is 0 Å². The lowest BCUT2D eigenvalue weighted by atomic mass is 10.0. The van der Waals surface area contributed by atoms with Crippen LogP contribution in [-0.4, -0.2) is 28.7 Å². The Bertz CT molecular complexity index is 656. The van der Waals surface area contributed by atoms with Crippen LogP contribution < -0.4 is 11.1 Å². The van der Waals surface area contributed by atoms with E-state index in [2.05, 4.69) is 15.3 Å². The molecular weight excluding hydrogens is 264 g/mol. The third-order valence-electron chi connectivity index (χ3n) is 4.43. The Morgan fingerprint density at radius 2 is 2.00 bits per heavy atom. The van der Waals surface area contributed by atoms with Gasteiger partial charge in [0, 0.05) is 18.0 Å². The van der Waals surface area contributed by atoms with Crippen LogP contribution in [0.2, 0.25) is 0 Å². The van der Waals surface area contributed by atoms with Crippen molar-refractivity contribution in [3.05, 3.63) is 24.3 Å². The number of nitrogens with two attached hydrogens (primary N) is 1. The number of para-hydroxylation sites is 1. The monoisotopic (exact) mass is 284 g/mol. The van der Waals surface area contributed by atoms with Gasteiger partial charge in [0.1, 0.15) is 5.82 Å². The van der Waals surface area contributed by atoms with Crippen molar-refractivity contribution < 1.29 is 4.74 Å². The van der Waals surface area contributed by atoms with E-state index in [9.17, 15) is 0 Å². The number of nitrogens with one attached hydrogen (secondary N) is 1. The van der Waals surface area contributed by atoms with Crippen LogP contribution in [0.3, 0.4) is 0 Å². The van der Waals surface area contributed by atoms with Crippen molar-refractivity contribution in [2.24, 2.45) is 5.92 Å². The molecule has 2 aromatic rings. The normalized spacial score (nSPS) is 25.9. The first-order valence-electron chi connectivity index (χ1n) is 7.70. The lowest BCUT2D eigenvalue weighted by molar-refractivity contribution is -0.00227. The van der Waals surface area contributed by atoms with Crippen LogP contribution >= 0.6 is 0 Å². The van der Waals surface area contributed by atoms with E-state index in [1.54, 1.807) is 0 Å². The van der Waals surface area contributed by atoms with Crippen LogP contribution in [0.25, 0.3) is 10.9 Å². The molecule has 1 saturated heterocycles. The molecule has 1 aromatic heterocycles. The molecule has 2 unspecified atom stereocenters. The summed E-state index contributed by atoms with van der Waals surface area (Å²) in [5.74, 6) is 1.94. The Labute approximate surface area is 123 Å². The average molecular weight is 284 g/mol. The lowest BCUT2D eigenvalue weighted by Crippen LogP contribution is -2.35. The molecule has 21 heavy (non-hydrogen) atoms. The van der Waals surface area contributed by atoms with Gasteiger partial charge in [-0.1, -0.05) is 12.1 Å². The van der Waals surface area contributed by atoms with Crippen molar-refractivity contribution in [2.45, 2.75) is 37.8 Å². The molecule has 2 atom stereocenters. The van der Waals surface area contributed by atoms with Crippen molar-refractivity contribution >= 4 is 22.7 Å². The molecule has 3 N–H and O–H groups in total. The first-order chi connectivity index (χ1) is 10.3. The van der Waals surface area contributed by atoms with Crippen LogP contribution in [0.5, 0.6) is 0 Å². The predicted octanol–water partition coefficient (Wildman–Crippen LogP) is 2.58. The summed E-state index contributed by atoms with van der Waals surface area (Å²) in [5.41, 5.74) is 6.92. The fourth-order valence-electron chi connectivity index (χ4n) is 3.10. The smallest absolute Gasteiger partial charge is 0.225 e. The van der Waals surface area contributed by atoms with Crippen LogP contribution in [0, 0.1) is 5.92 Å². The van der Waals surface area contributed by atoms with Crippen LogP contribution in [0.4, 0.5) is 11.8 Å². The summed E-state index contributed by atoms with van der Waals surface area (Å²) in [6.45, 7) is 0.821. The second-order valence-electron chi connectivity index (χ2n) is 6.06. The van der Waals surface area contributed by atoms with Gasteiger partial charge in [-0.05, 0) is 43.7 Å². The summed E-state index contributed by atoms with van der Waals surface area (Å²) in [4.78, 5) is 8.97. The number of nitrogens with zero attached hydrogens (tertiary/aromatic N) is 2. The molecule has 2 aliphatic rings. The fourth-order valence-corrected chi connectivity index (χ4v) is 3.10. The molecule has 2 fully saturated rings. The van der Waals surface area contributed by atoms with Gasteiger partial charge in [-0.2, -0.15) is 4.98 Å². The highest BCUT2D eigenvalue weighted by molar-refractivity contribution is 5.88. The number of ether oxygens (including phenoxy) is 1. The molecule has 0 bridgehead atoms. The molecular formula is C16H20N4O. The topological polar surface area (TPSA) is 73.1 Å². The lowest BCUT2D eigenvalue weighted by Gasteiger charge is -2.30. The maximum Gasteiger partial charge on any atom is 0.225 e. The SMILES string of the molecule is Nc1nc(NC2CCOC(C3CC3)C2)nc2ccccc12. The minimum atomic E-state index is 0.380. The minimum absolute atomic E-state index is 0.380. The van der Waals surface area contributed by atoms with Crippen molar-refractivity contribution in [3.8, 4) is 0 Å². The maximum atomic E-state index is 6.03. The zero-order chi connectivity index (χ0) is 14.2. The Balaban J connectivity index is 1.53. The Hall–Kier alpha value is -1.88. The second kappa shape index (κ2) is 5.15. The molecule has 4 rings (SSSR count). The number of aromatic nitrogens is 2. The maximum absolute atomic E-state index is 6.03. The van der Waals surface area contributed by atoms with Crippen molar-refractivity contribution in [2.75, 3.05) is 17.7 Å². The quantitative estimate of drug-likeness (QED) is 0.906. The van der Waals surface area contributed by atoms with E-state index in [-0.39, 0.29) is 0 Å². The standard InChI is InChI=1S/C16H20N4O/c17-15-12-3-1-2-4-13(12)19-16(20-15)18-11-7-8-21-14(9-11)10-5-6-10/h1-4,10-11,14H,5-9H2,(H3,17,18,19,20). The van der Waals surface area contributed by atoms with E-state index in [0.717, 1.165) is 36.3 Å². The molecule has 0 spiro atoms. The van der Waals surface area contributed by atoms with Crippen LogP contribution in [0.15, 0.2) is 24.3 Å².